The highest BCUT2D eigenvalue weighted by atomic mass is 16.7. The Kier molecular flexibility index (Phi) is 5.25. The van der Waals surface area contributed by atoms with E-state index in [1.165, 1.54) is 0 Å². The van der Waals surface area contributed by atoms with Crippen molar-refractivity contribution in [3.63, 3.8) is 0 Å². The van der Waals surface area contributed by atoms with Crippen molar-refractivity contribution in [2.45, 2.75) is 99.7 Å². The van der Waals surface area contributed by atoms with Crippen LogP contribution in [0.1, 0.15) is 94.2 Å². The Morgan fingerprint density at radius 2 is 1.31 bits per heavy atom. The van der Waals surface area contributed by atoms with Crippen LogP contribution in [0, 0.1) is 10.8 Å². The number of ketones is 1. The molecule has 0 radical (unpaired) electrons. The van der Waals surface area contributed by atoms with E-state index in [0.29, 0.717) is 22.6 Å². The predicted octanol–water partition coefficient (Wildman–Crippen LogP) is 7.16. The summed E-state index contributed by atoms with van der Waals surface area (Å²) >= 11 is 0. The summed E-state index contributed by atoms with van der Waals surface area (Å²) in [4.78, 5) is 13.2. The van der Waals surface area contributed by atoms with Gasteiger partial charge in [0.1, 0.15) is 0 Å². The summed E-state index contributed by atoms with van der Waals surface area (Å²) in [7, 11) is 0. The highest BCUT2D eigenvalue weighted by molar-refractivity contribution is 6.09. The van der Waals surface area contributed by atoms with E-state index >= 15 is 0 Å². The second kappa shape index (κ2) is 6.88. The average molecular weight is 441 g/mol. The smallest absolute Gasteiger partial charge is 0.299 e. The molecule has 0 saturated heterocycles. The van der Waals surface area contributed by atoms with Gasteiger partial charge >= 0.3 is 0 Å². The lowest BCUT2D eigenvalue weighted by atomic mass is 9.71. The summed E-state index contributed by atoms with van der Waals surface area (Å²) in [5.74, 6) is -0.666. The molecular weight excluding hydrogens is 400 g/mol. The molecule has 1 aliphatic heterocycles. The number of fused-ring (bicyclic) bond motifs is 1. The SMILES string of the molecule is CC(C)(C)C1=C[C@@]2(Oc3cc(C(C)(C)C)cc(C(C)(C)C)c3O2)C(C(C)(C)C)=C(O)C1=O. The maximum Gasteiger partial charge on any atom is 0.299 e. The van der Waals surface area contributed by atoms with Crippen molar-refractivity contribution >= 4 is 5.78 Å². The lowest BCUT2D eigenvalue weighted by Gasteiger charge is -2.40. The molecule has 1 heterocycles. The maximum absolute atomic E-state index is 13.2. The first kappa shape index (κ1) is 24.4. The molecule has 0 bridgehead atoms. The van der Waals surface area contributed by atoms with Crippen molar-refractivity contribution < 1.29 is 19.4 Å². The number of hydrogen-bond donors (Lipinski definition) is 1. The quantitative estimate of drug-likeness (QED) is 0.465. The topological polar surface area (TPSA) is 55.8 Å². The zero-order valence-electron chi connectivity index (χ0n) is 21.9. The van der Waals surface area contributed by atoms with Gasteiger partial charge < -0.3 is 14.6 Å². The first-order valence-corrected chi connectivity index (χ1v) is 11.5. The average Bonchev–Trinajstić information content (AvgIpc) is 2.91. The molecule has 1 atom stereocenters. The minimum absolute atomic E-state index is 0.0755. The number of benzene rings is 1. The summed E-state index contributed by atoms with van der Waals surface area (Å²) in [6.07, 6.45) is 1.79. The van der Waals surface area contributed by atoms with E-state index in [1.807, 2.05) is 47.6 Å². The summed E-state index contributed by atoms with van der Waals surface area (Å²) < 4.78 is 13.3. The van der Waals surface area contributed by atoms with Crippen LogP contribution in [0.2, 0.25) is 0 Å². The number of carbonyl (C=O) groups is 1. The normalized spacial score (nSPS) is 22.0. The third-order valence-electron chi connectivity index (χ3n) is 6.18. The van der Waals surface area contributed by atoms with Crippen LogP contribution in [0.4, 0.5) is 0 Å². The van der Waals surface area contributed by atoms with Gasteiger partial charge in [-0.1, -0.05) is 89.2 Å². The van der Waals surface area contributed by atoms with Crippen LogP contribution in [0.15, 0.2) is 35.1 Å². The number of aliphatic hydroxyl groups is 1. The monoisotopic (exact) mass is 440 g/mol. The van der Waals surface area contributed by atoms with Gasteiger partial charge in [-0.25, -0.2) is 0 Å². The van der Waals surface area contributed by atoms with Crippen molar-refractivity contribution in [2.24, 2.45) is 10.8 Å². The van der Waals surface area contributed by atoms with Crippen LogP contribution in [0.5, 0.6) is 11.5 Å². The van der Waals surface area contributed by atoms with E-state index in [1.54, 1.807) is 6.08 Å². The summed E-state index contributed by atoms with van der Waals surface area (Å²) in [6, 6.07) is 4.24. The van der Waals surface area contributed by atoms with Crippen molar-refractivity contribution in [3.8, 4) is 11.5 Å². The van der Waals surface area contributed by atoms with Gasteiger partial charge in [-0.3, -0.25) is 4.79 Å². The van der Waals surface area contributed by atoms with E-state index in [4.69, 9.17) is 9.47 Å². The lowest BCUT2D eigenvalue weighted by Crippen LogP contribution is -2.48. The van der Waals surface area contributed by atoms with Gasteiger partial charge in [0.15, 0.2) is 17.3 Å². The van der Waals surface area contributed by atoms with E-state index in [0.717, 1.165) is 11.1 Å². The zero-order valence-corrected chi connectivity index (χ0v) is 21.9. The summed E-state index contributed by atoms with van der Waals surface area (Å²) in [5.41, 5.74) is 1.85. The molecule has 4 heteroatoms. The van der Waals surface area contributed by atoms with Crippen molar-refractivity contribution in [1.29, 1.82) is 0 Å². The highest BCUT2D eigenvalue weighted by Crippen LogP contribution is 2.55. The molecule has 176 valence electrons. The largest absolute Gasteiger partial charge is 0.504 e. The van der Waals surface area contributed by atoms with Gasteiger partial charge in [-0.2, -0.15) is 0 Å². The molecule has 4 nitrogen and oxygen atoms in total. The van der Waals surface area contributed by atoms with Crippen LogP contribution < -0.4 is 9.47 Å². The standard InChI is InChI=1S/C28H40O4/c1-24(2,3)16-13-17(25(4,5)6)22-19(14-16)31-28(32-22)15-18(26(7,8)9)20(29)21(30)23(28)27(10,11)12/h13-15,30H,1-12H3/t28-/m0/s1. The molecule has 0 aromatic heterocycles. The third-order valence-corrected chi connectivity index (χ3v) is 6.18. The number of aliphatic hydroxyl groups excluding tert-OH is 1. The number of Topliss-reactive ketones (excluding diaryl/α,β-unsaturated/α-hetero) is 1. The predicted molar refractivity (Wildman–Crippen MR) is 129 cm³/mol. The molecule has 1 spiro atoms. The van der Waals surface area contributed by atoms with Crippen molar-refractivity contribution in [1.82, 2.24) is 0 Å². The number of hydrogen-bond acceptors (Lipinski definition) is 4. The van der Waals surface area contributed by atoms with Gasteiger partial charge in [-0.05, 0) is 33.3 Å². The molecule has 0 amide bonds. The van der Waals surface area contributed by atoms with Crippen LogP contribution >= 0.6 is 0 Å². The molecule has 2 aliphatic rings. The van der Waals surface area contributed by atoms with Gasteiger partial charge in [0.25, 0.3) is 5.79 Å². The Hall–Kier alpha value is -2.23. The summed E-state index contributed by atoms with van der Waals surface area (Å²) in [5, 5.41) is 11.2. The van der Waals surface area contributed by atoms with E-state index in [9.17, 15) is 9.90 Å². The van der Waals surface area contributed by atoms with Gasteiger partial charge in [0, 0.05) is 17.2 Å². The van der Waals surface area contributed by atoms with Gasteiger partial charge in [0.05, 0.1) is 5.57 Å². The van der Waals surface area contributed by atoms with Gasteiger partial charge in [-0.15, -0.1) is 0 Å². The fourth-order valence-corrected chi connectivity index (χ4v) is 4.44. The molecule has 1 N–H and O–H groups in total. The Balaban J connectivity index is 2.34. The lowest BCUT2D eigenvalue weighted by molar-refractivity contribution is -0.117. The minimum atomic E-state index is -1.36. The molecule has 3 rings (SSSR count). The fourth-order valence-electron chi connectivity index (χ4n) is 4.44. The van der Waals surface area contributed by atoms with Crippen molar-refractivity contribution in [2.75, 3.05) is 0 Å². The zero-order chi connectivity index (χ0) is 24.7. The molecule has 1 aromatic carbocycles. The maximum atomic E-state index is 13.2. The molecule has 0 fully saturated rings. The number of ether oxygens (including phenoxy) is 2. The third kappa shape index (κ3) is 3.97. The molecule has 32 heavy (non-hydrogen) atoms. The van der Waals surface area contributed by atoms with Crippen LogP contribution in [0.3, 0.4) is 0 Å². The molecule has 0 unspecified atom stereocenters. The van der Waals surface area contributed by atoms with Crippen LogP contribution in [-0.4, -0.2) is 16.7 Å². The van der Waals surface area contributed by atoms with Gasteiger partial charge in [0.2, 0.25) is 5.78 Å². The molecule has 1 aliphatic carbocycles. The first-order valence-electron chi connectivity index (χ1n) is 11.5. The Bertz CT molecular complexity index is 1030. The second-order valence-electron chi connectivity index (χ2n) is 13.3. The minimum Gasteiger partial charge on any atom is -0.504 e. The molecular formula is C28H40O4. The van der Waals surface area contributed by atoms with E-state index in [2.05, 4.69) is 47.6 Å². The molecule has 1 aromatic rings. The van der Waals surface area contributed by atoms with Crippen molar-refractivity contribution in [3.05, 3.63) is 46.2 Å². The van der Waals surface area contributed by atoms with Crippen LogP contribution in [-0.2, 0) is 15.6 Å². The number of carbonyl (C=O) groups excluding carboxylic acids is 1. The first-order chi connectivity index (χ1) is 14.2. The van der Waals surface area contributed by atoms with Crippen LogP contribution in [0.25, 0.3) is 0 Å². The number of rotatable bonds is 0. The molecule has 0 saturated carbocycles. The second-order valence-corrected chi connectivity index (χ2v) is 13.3. The van der Waals surface area contributed by atoms with E-state index in [-0.39, 0.29) is 22.4 Å². The Morgan fingerprint density at radius 3 is 1.75 bits per heavy atom. The Morgan fingerprint density at radius 1 is 0.750 bits per heavy atom. The summed E-state index contributed by atoms with van der Waals surface area (Å²) in [6.45, 7) is 24.8. The fraction of sp³-hybridized carbons (Fsp3) is 0.607. The number of allylic oxidation sites excluding steroid dienone is 1. The highest BCUT2D eigenvalue weighted by Gasteiger charge is 2.55. The Labute approximate surface area is 193 Å². The van der Waals surface area contributed by atoms with E-state index < -0.39 is 16.6 Å².